The van der Waals surface area contributed by atoms with Gasteiger partial charge in [0.05, 0.1) is 6.61 Å². The second kappa shape index (κ2) is 15.9. The molecule has 0 aliphatic rings. The van der Waals surface area contributed by atoms with Crippen LogP contribution in [0, 0.1) is 0 Å². The monoisotopic (exact) mass is 316 g/mol. The van der Waals surface area contributed by atoms with Gasteiger partial charge >= 0.3 is 5.97 Å². The highest BCUT2D eigenvalue weighted by Crippen LogP contribution is 2.13. The standard InChI is InChI=1S/C18H33ClO2/c1-3-5-6-7-8-9-10-11-12-13-14-15-16-17(19)18(20)21-4-2/h9-10,17H,3-8,11-16H2,1-2H3/b10-9-. The maximum atomic E-state index is 11.3. The van der Waals surface area contributed by atoms with Crippen molar-refractivity contribution in [3.8, 4) is 0 Å². The molecule has 1 atom stereocenters. The molecule has 0 bridgehead atoms. The summed E-state index contributed by atoms with van der Waals surface area (Å²) < 4.78 is 4.88. The fraction of sp³-hybridized carbons (Fsp3) is 0.833. The first-order valence-corrected chi connectivity index (χ1v) is 9.11. The summed E-state index contributed by atoms with van der Waals surface area (Å²) in [4.78, 5) is 11.3. The summed E-state index contributed by atoms with van der Waals surface area (Å²) in [6, 6.07) is 0. The number of carbonyl (C=O) groups is 1. The number of ether oxygens (including phenoxy) is 1. The van der Waals surface area contributed by atoms with Crippen LogP contribution in [0.1, 0.15) is 84.5 Å². The van der Waals surface area contributed by atoms with Crippen molar-refractivity contribution < 1.29 is 9.53 Å². The second-order valence-corrected chi connectivity index (χ2v) is 6.06. The van der Waals surface area contributed by atoms with Crippen molar-refractivity contribution in [3.63, 3.8) is 0 Å². The van der Waals surface area contributed by atoms with Gasteiger partial charge in [-0.1, -0.05) is 57.6 Å². The van der Waals surface area contributed by atoms with E-state index in [4.69, 9.17) is 16.3 Å². The van der Waals surface area contributed by atoms with Gasteiger partial charge in [-0.2, -0.15) is 0 Å². The van der Waals surface area contributed by atoms with Crippen molar-refractivity contribution in [2.24, 2.45) is 0 Å². The molecular weight excluding hydrogens is 284 g/mol. The van der Waals surface area contributed by atoms with Crippen molar-refractivity contribution in [1.29, 1.82) is 0 Å². The molecule has 0 rings (SSSR count). The van der Waals surface area contributed by atoms with E-state index in [9.17, 15) is 4.79 Å². The van der Waals surface area contributed by atoms with Gasteiger partial charge < -0.3 is 4.74 Å². The predicted octanol–water partition coefficient (Wildman–Crippen LogP) is 6.02. The molecule has 124 valence electrons. The van der Waals surface area contributed by atoms with Crippen LogP contribution in [0.25, 0.3) is 0 Å². The third-order valence-electron chi connectivity index (χ3n) is 3.51. The molecule has 0 radical (unpaired) electrons. The summed E-state index contributed by atoms with van der Waals surface area (Å²) in [5, 5.41) is -0.465. The molecule has 0 fully saturated rings. The first kappa shape index (κ1) is 20.5. The molecule has 0 aromatic rings. The number of halogens is 1. The van der Waals surface area contributed by atoms with Gasteiger partial charge in [-0.3, -0.25) is 4.79 Å². The van der Waals surface area contributed by atoms with Crippen LogP contribution >= 0.6 is 11.6 Å². The maximum absolute atomic E-state index is 11.3. The van der Waals surface area contributed by atoms with Gasteiger partial charge in [-0.05, 0) is 39.0 Å². The highest BCUT2D eigenvalue weighted by atomic mass is 35.5. The Balaban J connectivity index is 3.28. The van der Waals surface area contributed by atoms with Crippen molar-refractivity contribution in [1.82, 2.24) is 0 Å². The molecule has 0 aromatic heterocycles. The summed E-state index contributed by atoms with van der Waals surface area (Å²) in [5.74, 6) is -0.273. The Kier molecular flexibility index (Phi) is 15.5. The summed E-state index contributed by atoms with van der Waals surface area (Å²) in [5.41, 5.74) is 0. The van der Waals surface area contributed by atoms with Crippen LogP contribution in [0.4, 0.5) is 0 Å². The fourth-order valence-corrected chi connectivity index (χ4v) is 2.43. The molecule has 1 unspecified atom stereocenters. The van der Waals surface area contributed by atoms with E-state index in [1.165, 1.54) is 51.4 Å². The topological polar surface area (TPSA) is 26.3 Å². The summed E-state index contributed by atoms with van der Waals surface area (Å²) in [6.45, 7) is 4.46. The average molecular weight is 317 g/mol. The van der Waals surface area contributed by atoms with Gasteiger partial charge in [0.25, 0.3) is 0 Å². The number of hydrogen-bond acceptors (Lipinski definition) is 2. The van der Waals surface area contributed by atoms with Gasteiger partial charge in [0.2, 0.25) is 0 Å². The van der Waals surface area contributed by atoms with Gasteiger partial charge in [0, 0.05) is 0 Å². The minimum atomic E-state index is -0.465. The van der Waals surface area contributed by atoms with Gasteiger partial charge in [0.15, 0.2) is 0 Å². The van der Waals surface area contributed by atoms with Gasteiger partial charge in [0.1, 0.15) is 5.38 Å². The molecule has 2 nitrogen and oxygen atoms in total. The zero-order valence-electron chi connectivity index (χ0n) is 13.9. The largest absolute Gasteiger partial charge is 0.465 e. The molecule has 0 aliphatic heterocycles. The lowest BCUT2D eigenvalue weighted by Crippen LogP contribution is -2.17. The van der Waals surface area contributed by atoms with Crippen LogP contribution in [0.15, 0.2) is 12.2 Å². The highest BCUT2D eigenvalue weighted by Gasteiger charge is 2.15. The molecule has 0 saturated heterocycles. The number of esters is 1. The van der Waals surface area contributed by atoms with E-state index < -0.39 is 5.38 Å². The van der Waals surface area contributed by atoms with Crippen molar-refractivity contribution in [3.05, 3.63) is 12.2 Å². The van der Waals surface area contributed by atoms with Crippen LogP contribution < -0.4 is 0 Å². The Hall–Kier alpha value is -0.500. The van der Waals surface area contributed by atoms with Crippen LogP contribution in [0.5, 0.6) is 0 Å². The molecule has 0 aliphatic carbocycles. The molecule has 0 amide bonds. The number of unbranched alkanes of at least 4 members (excludes halogenated alkanes) is 8. The summed E-state index contributed by atoms with van der Waals surface area (Å²) in [6.07, 6.45) is 17.7. The molecule has 0 N–H and O–H groups in total. The normalized spacial score (nSPS) is 12.7. The van der Waals surface area contributed by atoms with Crippen molar-refractivity contribution in [2.75, 3.05) is 6.61 Å². The Bertz CT molecular complexity index is 264. The first-order valence-electron chi connectivity index (χ1n) is 8.68. The molecule has 0 heterocycles. The third kappa shape index (κ3) is 14.2. The van der Waals surface area contributed by atoms with E-state index in [1.807, 2.05) is 0 Å². The summed E-state index contributed by atoms with van der Waals surface area (Å²) >= 11 is 5.96. The van der Waals surface area contributed by atoms with Crippen LogP contribution in [0.2, 0.25) is 0 Å². The fourth-order valence-electron chi connectivity index (χ4n) is 2.21. The minimum Gasteiger partial charge on any atom is -0.465 e. The molecule has 0 aromatic carbocycles. The summed E-state index contributed by atoms with van der Waals surface area (Å²) in [7, 11) is 0. The van der Waals surface area contributed by atoms with E-state index in [1.54, 1.807) is 6.92 Å². The zero-order chi connectivity index (χ0) is 15.8. The van der Waals surface area contributed by atoms with Crippen molar-refractivity contribution in [2.45, 2.75) is 89.9 Å². The lowest BCUT2D eigenvalue weighted by molar-refractivity contribution is -0.142. The highest BCUT2D eigenvalue weighted by molar-refractivity contribution is 6.29. The van der Waals surface area contributed by atoms with Crippen LogP contribution in [-0.2, 0) is 9.53 Å². The van der Waals surface area contributed by atoms with E-state index in [0.29, 0.717) is 6.61 Å². The Morgan fingerprint density at radius 1 is 0.952 bits per heavy atom. The second-order valence-electron chi connectivity index (χ2n) is 5.53. The van der Waals surface area contributed by atoms with E-state index >= 15 is 0 Å². The zero-order valence-corrected chi connectivity index (χ0v) is 14.7. The van der Waals surface area contributed by atoms with E-state index in [2.05, 4.69) is 19.1 Å². The molecular formula is C18H33ClO2. The predicted molar refractivity (Wildman–Crippen MR) is 91.9 cm³/mol. The Morgan fingerprint density at radius 3 is 2.10 bits per heavy atom. The average Bonchev–Trinajstić information content (AvgIpc) is 2.48. The van der Waals surface area contributed by atoms with Gasteiger partial charge in [-0.15, -0.1) is 11.6 Å². The number of allylic oxidation sites excluding steroid dienone is 2. The van der Waals surface area contributed by atoms with E-state index in [-0.39, 0.29) is 5.97 Å². The first-order chi connectivity index (χ1) is 10.2. The van der Waals surface area contributed by atoms with E-state index in [0.717, 1.165) is 19.3 Å². The van der Waals surface area contributed by atoms with Gasteiger partial charge in [-0.25, -0.2) is 0 Å². The lowest BCUT2D eigenvalue weighted by Gasteiger charge is -2.07. The SMILES string of the molecule is CCCCCC/C=C\CCCCCCC(Cl)C(=O)OCC. The molecule has 0 spiro atoms. The maximum Gasteiger partial charge on any atom is 0.324 e. The Morgan fingerprint density at radius 2 is 1.52 bits per heavy atom. The number of alkyl halides is 1. The molecule has 0 saturated carbocycles. The smallest absolute Gasteiger partial charge is 0.324 e. The lowest BCUT2D eigenvalue weighted by atomic mass is 10.1. The quantitative estimate of drug-likeness (QED) is 0.169. The third-order valence-corrected chi connectivity index (χ3v) is 3.91. The van der Waals surface area contributed by atoms with Crippen molar-refractivity contribution >= 4 is 17.6 Å². The minimum absolute atomic E-state index is 0.273. The van der Waals surface area contributed by atoms with Crippen LogP contribution in [0.3, 0.4) is 0 Å². The Labute approximate surface area is 136 Å². The molecule has 21 heavy (non-hydrogen) atoms. The number of carbonyl (C=O) groups excluding carboxylic acids is 1. The number of hydrogen-bond donors (Lipinski definition) is 0. The number of rotatable bonds is 14. The molecule has 3 heteroatoms. The van der Waals surface area contributed by atoms with Crippen LogP contribution in [-0.4, -0.2) is 18.0 Å².